The number of hydrogen-bond donors (Lipinski definition) is 2. The molecule has 0 unspecified atom stereocenters. The lowest BCUT2D eigenvalue weighted by atomic mass is 10.0. The zero-order valence-electron chi connectivity index (χ0n) is 18.9. The van der Waals surface area contributed by atoms with E-state index in [0.717, 1.165) is 49.9 Å². The summed E-state index contributed by atoms with van der Waals surface area (Å²) in [6.45, 7) is 1.83. The number of nitrogens with one attached hydrogen (secondary N) is 2. The van der Waals surface area contributed by atoms with Crippen LogP contribution in [0.4, 0.5) is 30.8 Å². The molecule has 0 radical (unpaired) electrons. The molecule has 10 heteroatoms. The highest BCUT2D eigenvalue weighted by atomic mass is 35.5. The predicted molar refractivity (Wildman–Crippen MR) is 135 cm³/mol. The molecule has 0 spiro atoms. The Bertz CT molecular complexity index is 1490. The summed E-state index contributed by atoms with van der Waals surface area (Å²) in [7, 11) is 0. The predicted octanol–water partition coefficient (Wildman–Crippen LogP) is 6.04. The molecule has 182 valence electrons. The highest BCUT2D eigenvalue weighted by Crippen LogP contribution is 2.24. The van der Waals surface area contributed by atoms with Crippen molar-refractivity contribution in [2.75, 3.05) is 28.6 Å². The van der Waals surface area contributed by atoms with Gasteiger partial charge in [-0.1, -0.05) is 11.6 Å². The molecule has 36 heavy (non-hydrogen) atoms. The van der Waals surface area contributed by atoms with Crippen molar-refractivity contribution in [3.05, 3.63) is 88.6 Å². The zero-order chi connectivity index (χ0) is 25.2. The molecule has 1 fully saturated rings. The molecule has 0 aliphatic carbocycles. The van der Waals surface area contributed by atoms with Gasteiger partial charge in [0.05, 0.1) is 22.3 Å². The molecule has 4 aromatic rings. The second kappa shape index (κ2) is 9.87. The monoisotopic (exact) mass is 507 g/mol. The van der Waals surface area contributed by atoms with E-state index >= 15 is 0 Å². The van der Waals surface area contributed by atoms with Gasteiger partial charge < -0.3 is 15.5 Å². The quantitative estimate of drug-likeness (QED) is 0.322. The lowest BCUT2D eigenvalue weighted by Crippen LogP contribution is -2.20. The first kappa shape index (κ1) is 23.6. The molecule has 5 rings (SSSR count). The Morgan fingerprint density at radius 3 is 2.42 bits per heavy atom. The fraction of sp³-hybridized carbons (Fsp3) is 0.154. The minimum Gasteiger partial charge on any atom is -0.355 e. The zero-order valence-corrected chi connectivity index (χ0v) is 19.6. The van der Waals surface area contributed by atoms with Crippen molar-refractivity contribution in [3.8, 4) is 0 Å². The largest absolute Gasteiger partial charge is 0.355 e. The van der Waals surface area contributed by atoms with E-state index in [1.54, 1.807) is 24.4 Å². The Kier molecular flexibility index (Phi) is 6.47. The first-order valence-corrected chi connectivity index (χ1v) is 11.6. The van der Waals surface area contributed by atoms with Crippen LogP contribution in [-0.2, 0) is 0 Å². The Hall–Kier alpha value is -4.11. The van der Waals surface area contributed by atoms with Crippen LogP contribution >= 0.6 is 11.6 Å². The van der Waals surface area contributed by atoms with Gasteiger partial charge in [0.1, 0.15) is 17.5 Å². The van der Waals surface area contributed by atoms with Crippen LogP contribution in [0.1, 0.15) is 28.8 Å². The number of fused-ring (bicyclic) bond motifs is 1. The van der Waals surface area contributed by atoms with Gasteiger partial charge in [0, 0.05) is 35.6 Å². The van der Waals surface area contributed by atoms with E-state index in [2.05, 4.69) is 25.5 Å². The van der Waals surface area contributed by atoms with Crippen molar-refractivity contribution in [3.63, 3.8) is 0 Å². The second-order valence-corrected chi connectivity index (χ2v) is 8.80. The molecular formula is C26H20ClF2N5O2. The van der Waals surface area contributed by atoms with Gasteiger partial charge in [0.15, 0.2) is 5.78 Å². The van der Waals surface area contributed by atoms with Gasteiger partial charge in [-0.05, 0) is 67.4 Å². The summed E-state index contributed by atoms with van der Waals surface area (Å²) in [6.07, 6.45) is 3.93. The van der Waals surface area contributed by atoms with Crippen molar-refractivity contribution < 1.29 is 18.4 Å². The number of halogens is 3. The number of nitrogens with zero attached hydrogens (tertiary/aromatic N) is 3. The van der Waals surface area contributed by atoms with E-state index in [1.165, 1.54) is 18.2 Å². The number of carbonyl (C=O) groups is 2. The van der Waals surface area contributed by atoms with Crippen LogP contribution in [0.2, 0.25) is 5.02 Å². The van der Waals surface area contributed by atoms with Crippen molar-refractivity contribution in [2.24, 2.45) is 0 Å². The molecule has 1 aliphatic heterocycles. The van der Waals surface area contributed by atoms with E-state index in [9.17, 15) is 18.4 Å². The van der Waals surface area contributed by atoms with Gasteiger partial charge in [0.2, 0.25) is 0 Å². The summed E-state index contributed by atoms with van der Waals surface area (Å²) in [5, 5.41) is 4.80. The smallest absolute Gasteiger partial charge is 0.323 e. The van der Waals surface area contributed by atoms with Crippen LogP contribution in [0.3, 0.4) is 0 Å². The third kappa shape index (κ3) is 5.11. The molecule has 2 N–H and O–H groups in total. The fourth-order valence-electron chi connectivity index (χ4n) is 4.07. The molecule has 1 aliphatic rings. The van der Waals surface area contributed by atoms with Gasteiger partial charge in [-0.2, -0.15) is 0 Å². The molecule has 2 amide bonds. The molecule has 7 nitrogen and oxygen atoms in total. The summed E-state index contributed by atoms with van der Waals surface area (Å²) in [5.41, 5.74) is 1.90. The number of rotatable bonds is 5. The molecule has 0 saturated carbocycles. The Morgan fingerprint density at radius 1 is 0.861 bits per heavy atom. The van der Waals surface area contributed by atoms with Gasteiger partial charge in [0.25, 0.3) is 0 Å². The van der Waals surface area contributed by atoms with E-state index in [-0.39, 0.29) is 22.0 Å². The van der Waals surface area contributed by atoms with Crippen molar-refractivity contribution in [1.82, 2.24) is 9.97 Å². The fourth-order valence-corrected chi connectivity index (χ4v) is 4.25. The maximum Gasteiger partial charge on any atom is 0.323 e. The number of aromatic nitrogens is 2. The number of urea groups is 1. The topological polar surface area (TPSA) is 87.2 Å². The summed E-state index contributed by atoms with van der Waals surface area (Å²) >= 11 is 5.73. The van der Waals surface area contributed by atoms with E-state index in [4.69, 9.17) is 11.6 Å². The number of ketones is 1. The van der Waals surface area contributed by atoms with Gasteiger partial charge in [-0.25, -0.2) is 18.6 Å². The van der Waals surface area contributed by atoms with E-state index < -0.39 is 23.4 Å². The Morgan fingerprint density at radius 2 is 1.64 bits per heavy atom. The SMILES string of the molecule is O=C(Nc1cc(F)cc(C(=O)c2ccc3ncc(N4CCCC4)nc3c2)c1)Nc1ccc(F)c(Cl)c1. The second-order valence-electron chi connectivity index (χ2n) is 8.39. The van der Waals surface area contributed by atoms with Crippen LogP contribution in [0.5, 0.6) is 0 Å². The van der Waals surface area contributed by atoms with Crippen LogP contribution in [0.25, 0.3) is 11.0 Å². The highest BCUT2D eigenvalue weighted by molar-refractivity contribution is 6.31. The molecular weight excluding hydrogens is 488 g/mol. The Labute approximate surface area is 210 Å². The van der Waals surface area contributed by atoms with Crippen LogP contribution in [0, 0.1) is 11.6 Å². The van der Waals surface area contributed by atoms with Crippen molar-refractivity contribution >= 4 is 51.6 Å². The highest BCUT2D eigenvalue weighted by Gasteiger charge is 2.17. The first-order valence-electron chi connectivity index (χ1n) is 11.3. The number of anilines is 3. The lowest BCUT2D eigenvalue weighted by molar-refractivity contribution is 0.103. The summed E-state index contributed by atoms with van der Waals surface area (Å²) < 4.78 is 27.7. The summed E-state index contributed by atoms with van der Waals surface area (Å²) in [5.74, 6) is -0.991. The number of carbonyl (C=O) groups excluding carboxylic acids is 2. The molecule has 2 heterocycles. The van der Waals surface area contributed by atoms with Gasteiger partial charge in [-0.15, -0.1) is 0 Å². The van der Waals surface area contributed by atoms with Crippen LogP contribution in [0.15, 0.2) is 60.8 Å². The summed E-state index contributed by atoms with van der Waals surface area (Å²) in [4.78, 5) is 36.8. The molecule has 0 bridgehead atoms. The third-order valence-electron chi connectivity index (χ3n) is 5.82. The summed E-state index contributed by atoms with van der Waals surface area (Å²) in [6, 6.07) is 11.5. The third-order valence-corrected chi connectivity index (χ3v) is 6.11. The van der Waals surface area contributed by atoms with Crippen molar-refractivity contribution in [1.29, 1.82) is 0 Å². The van der Waals surface area contributed by atoms with E-state index in [1.807, 2.05) is 0 Å². The van der Waals surface area contributed by atoms with Crippen LogP contribution < -0.4 is 15.5 Å². The minimum absolute atomic E-state index is 0.0538. The van der Waals surface area contributed by atoms with Gasteiger partial charge >= 0.3 is 6.03 Å². The lowest BCUT2D eigenvalue weighted by Gasteiger charge is -2.16. The van der Waals surface area contributed by atoms with Gasteiger partial charge in [-0.3, -0.25) is 9.78 Å². The van der Waals surface area contributed by atoms with Crippen LogP contribution in [-0.4, -0.2) is 34.9 Å². The normalized spacial score (nSPS) is 13.1. The first-order chi connectivity index (χ1) is 17.4. The minimum atomic E-state index is -0.711. The van der Waals surface area contributed by atoms with Crippen molar-refractivity contribution in [2.45, 2.75) is 12.8 Å². The van der Waals surface area contributed by atoms with E-state index in [0.29, 0.717) is 16.6 Å². The average Bonchev–Trinajstić information content (AvgIpc) is 3.40. The number of hydrogen-bond acceptors (Lipinski definition) is 5. The average molecular weight is 508 g/mol. The molecule has 0 atom stereocenters. The molecule has 1 aromatic heterocycles. The Balaban J connectivity index is 1.36. The number of benzene rings is 3. The molecule has 3 aromatic carbocycles. The maximum absolute atomic E-state index is 14.3. The maximum atomic E-state index is 14.3. The standard InChI is InChI=1S/C26H20ClF2N5O2/c27-20-13-18(4-5-21(20)29)31-26(36)32-19-10-16(9-17(28)12-19)25(35)15-3-6-22-23(11-15)33-24(14-30-22)34-7-1-2-8-34/h3-6,9-14H,1-2,7-8H2,(H2,31,32,36). The number of amides is 2. The molecule has 1 saturated heterocycles.